The van der Waals surface area contributed by atoms with Crippen LogP contribution in [0.1, 0.15) is 38.7 Å². The topological polar surface area (TPSA) is 88.1 Å². The average molecular weight is 316 g/mol. The minimum Gasteiger partial charge on any atom is -0.315 e. The second kappa shape index (κ2) is 7.09. The molecule has 0 aromatic carbocycles. The summed E-state index contributed by atoms with van der Waals surface area (Å²) in [6.45, 7) is 4.05. The van der Waals surface area contributed by atoms with Crippen LogP contribution in [0.3, 0.4) is 0 Å². The van der Waals surface area contributed by atoms with Gasteiger partial charge in [-0.25, -0.2) is 9.36 Å². The van der Waals surface area contributed by atoms with Crippen LogP contribution in [0.5, 0.6) is 0 Å². The van der Waals surface area contributed by atoms with E-state index in [1.807, 2.05) is 13.0 Å². The second-order valence-electron chi connectivity index (χ2n) is 5.34. The van der Waals surface area contributed by atoms with Crippen molar-refractivity contribution in [3.63, 3.8) is 0 Å². The molecule has 0 radical (unpaired) electrons. The van der Waals surface area contributed by atoms with Crippen molar-refractivity contribution in [2.24, 2.45) is 0 Å². The van der Waals surface area contributed by atoms with Crippen LogP contribution in [-0.2, 0) is 17.9 Å². The van der Waals surface area contributed by atoms with Gasteiger partial charge in [-0.2, -0.15) is 5.26 Å². The number of hydrogen-bond acceptors (Lipinski definition) is 4. The summed E-state index contributed by atoms with van der Waals surface area (Å²) in [5.41, 5.74) is -0.478. The highest BCUT2D eigenvalue weighted by Gasteiger charge is 2.21. The lowest BCUT2D eigenvalue weighted by Gasteiger charge is -2.22. The maximum absolute atomic E-state index is 12.5. The Bertz CT molecular complexity index is 795. The molecular formula is C16H20N4O3. The number of nitriles is 1. The van der Waals surface area contributed by atoms with Crippen LogP contribution in [0, 0.1) is 11.3 Å². The van der Waals surface area contributed by atoms with Crippen molar-refractivity contribution >= 4 is 5.91 Å². The first-order valence-corrected chi connectivity index (χ1v) is 7.77. The second-order valence-corrected chi connectivity index (χ2v) is 5.34. The highest BCUT2D eigenvalue weighted by atomic mass is 16.2. The lowest BCUT2D eigenvalue weighted by molar-refractivity contribution is -0.130. The molecule has 0 bridgehead atoms. The molecule has 1 heterocycles. The Kier molecular flexibility index (Phi) is 5.16. The number of nitrogens with zero attached hydrogens (tertiary/aromatic N) is 4. The number of carbonyl (C=O) groups excluding carboxylic acids is 1. The molecule has 7 nitrogen and oxygen atoms in total. The SMILES string of the molecule is CCN(C(=O)Cn1c(=O)c(C#N)cn(CC)c1=O)C1=CCCC1. The zero-order chi connectivity index (χ0) is 17.0. The number of allylic oxidation sites excluding steroid dienone is 2. The number of amides is 1. The molecule has 1 amide bonds. The van der Waals surface area contributed by atoms with Crippen LogP contribution in [-0.4, -0.2) is 26.5 Å². The first-order chi connectivity index (χ1) is 11.0. The van der Waals surface area contributed by atoms with Gasteiger partial charge in [0.15, 0.2) is 0 Å². The zero-order valence-corrected chi connectivity index (χ0v) is 13.4. The number of rotatable bonds is 5. The van der Waals surface area contributed by atoms with Gasteiger partial charge in [0, 0.05) is 25.0 Å². The Balaban J connectivity index is 2.39. The summed E-state index contributed by atoms with van der Waals surface area (Å²) in [4.78, 5) is 38.6. The lowest BCUT2D eigenvalue weighted by atomic mass is 10.3. The quantitative estimate of drug-likeness (QED) is 0.804. The summed E-state index contributed by atoms with van der Waals surface area (Å²) < 4.78 is 2.11. The molecule has 1 aliphatic carbocycles. The van der Waals surface area contributed by atoms with E-state index in [1.165, 1.54) is 10.8 Å². The highest BCUT2D eigenvalue weighted by Crippen LogP contribution is 2.21. The first-order valence-electron chi connectivity index (χ1n) is 7.77. The Morgan fingerprint density at radius 1 is 1.39 bits per heavy atom. The van der Waals surface area contributed by atoms with Crippen molar-refractivity contribution in [1.82, 2.24) is 14.0 Å². The van der Waals surface area contributed by atoms with E-state index in [-0.39, 0.29) is 18.0 Å². The highest BCUT2D eigenvalue weighted by molar-refractivity contribution is 5.78. The number of carbonyl (C=O) groups is 1. The fourth-order valence-electron chi connectivity index (χ4n) is 2.76. The average Bonchev–Trinajstić information content (AvgIpc) is 3.06. The van der Waals surface area contributed by atoms with E-state index >= 15 is 0 Å². The number of aromatic nitrogens is 2. The number of aryl methyl sites for hydroxylation is 1. The predicted octanol–water partition coefficient (Wildman–Crippen LogP) is 0.818. The van der Waals surface area contributed by atoms with Gasteiger partial charge in [0.05, 0.1) is 0 Å². The fourth-order valence-corrected chi connectivity index (χ4v) is 2.76. The molecule has 7 heteroatoms. The monoisotopic (exact) mass is 316 g/mol. The number of hydrogen-bond donors (Lipinski definition) is 0. The molecule has 0 fully saturated rings. The van der Waals surface area contributed by atoms with Crippen LogP contribution >= 0.6 is 0 Å². The largest absolute Gasteiger partial charge is 0.331 e. The predicted molar refractivity (Wildman–Crippen MR) is 84.7 cm³/mol. The van der Waals surface area contributed by atoms with E-state index in [4.69, 9.17) is 5.26 Å². The maximum atomic E-state index is 12.5. The zero-order valence-electron chi connectivity index (χ0n) is 13.4. The third kappa shape index (κ3) is 3.26. The Morgan fingerprint density at radius 2 is 2.13 bits per heavy atom. The van der Waals surface area contributed by atoms with Crippen molar-refractivity contribution < 1.29 is 4.79 Å². The van der Waals surface area contributed by atoms with Crippen molar-refractivity contribution in [2.75, 3.05) is 6.54 Å². The van der Waals surface area contributed by atoms with E-state index in [1.54, 1.807) is 17.9 Å². The molecule has 122 valence electrons. The van der Waals surface area contributed by atoms with Gasteiger partial charge in [-0.05, 0) is 33.1 Å². The minimum atomic E-state index is -0.716. The van der Waals surface area contributed by atoms with Gasteiger partial charge in [0.25, 0.3) is 5.56 Å². The van der Waals surface area contributed by atoms with Crippen molar-refractivity contribution in [3.8, 4) is 6.07 Å². The van der Waals surface area contributed by atoms with E-state index in [2.05, 4.69) is 0 Å². The smallest absolute Gasteiger partial charge is 0.315 e. The molecule has 23 heavy (non-hydrogen) atoms. The van der Waals surface area contributed by atoms with Gasteiger partial charge in [-0.1, -0.05) is 6.08 Å². The lowest BCUT2D eigenvalue weighted by Crippen LogP contribution is -2.45. The summed E-state index contributed by atoms with van der Waals surface area (Å²) in [5.74, 6) is -0.308. The Labute approximate surface area is 134 Å². The van der Waals surface area contributed by atoms with E-state index < -0.39 is 11.2 Å². The Hall–Kier alpha value is -2.62. The van der Waals surface area contributed by atoms with Crippen LogP contribution in [0.4, 0.5) is 0 Å². The molecule has 0 unspecified atom stereocenters. The van der Waals surface area contributed by atoms with Crippen molar-refractivity contribution in [1.29, 1.82) is 5.26 Å². The molecule has 1 aromatic heterocycles. The fraction of sp³-hybridized carbons (Fsp3) is 0.500. The summed E-state index contributed by atoms with van der Waals surface area (Å²) >= 11 is 0. The normalized spacial score (nSPS) is 13.5. The van der Waals surface area contributed by atoms with Crippen LogP contribution < -0.4 is 11.2 Å². The Morgan fingerprint density at radius 3 is 2.65 bits per heavy atom. The molecule has 1 aromatic rings. The molecule has 0 atom stereocenters. The van der Waals surface area contributed by atoms with E-state index in [0.717, 1.165) is 29.5 Å². The van der Waals surface area contributed by atoms with Gasteiger partial charge in [0.2, 0.25) is 5.91 Å². The van der Waals surface area contributed by atoms with Gasteiger partial charge < -0.3 is 4.90 Å². The van der Waals surface area contributed by atoms with Gasteiger partial charge >= 0.3 is 5.69 Å². The molecule has 0 N–H and O–H groups in total. The molecule has 0 spiro atoms. The van der Waals surface area contributed by atoms with Crippen LogP contribution in [0.2, 0.25) is 0 Å². The molecular weight excluding hydrogens is 296 g/mol. The van der Waals surface area contributed by atoms with E-state index in [9.17, 15) is 14.4 Å². The van der Waals surface area contributed by atoms with Gasteiger partial charge in [-0.3, -0.25) is 14.2 Å². The third-order valence-electron chi connectivity index (χ3n) is 3.97. The summed E-state index contributed by atoms with van der Waals surface area (Å²) in [7, 11) is 0. The van der Waals surface area contributed by atoms with E-state index in [0.29, 0.717) is 13.1 Å². The molecule has 1 aliphatic rings. The summed E-state index contributed by atoms with van der Waals surface area (Å²) in [6.07, 6.45) is 6.02. The molecule has 0 saturated heterocycles. The van der Waals surface area contributed by atoms with Gasteiger partial charge in [-0.15, -0.1) is 0 Å². The molecule has 2 rings (SSSR count). The standard InChI is InChI=1S/C16H20N4O3/c1-3-18-10-12(9-17)15(22)20(16(18)23)11-14(21)19(4-2)13-7-5-6-8-13/h7,10H,3-6,8,11H2,1-2H3. The number of likely N-dealkylation sites (N-methyl/N-ethyl adjacent to an activating group) is 1. The summed E-state index contributed by atoms with van der Waals surface area (Å²) in [5, 5.41) is 9.03. The third-order valence-corrected chi connectivity index (χ3v) is 3.97. The van der Waals surface area contributed by atoms with Crippen molar-refractivity contribution in [3.05, 3.63) is 44.4 Å². The van der Waals surface area contributed by atoms with Crippen LogP contribution in [0.25, 0.3) is 0 Å². The van der Waals surface area contributed by atoms with Gasteiger partial charge in [0.1, 0.15) is 18.2 Å². The molecule has 0 aliphatic heterocycles. The van der Waals surface area contributed by atoms with Crippen molar-refractivity contribution in [2.45, 2.75) is 46.2 Å². The summed E-state index contributed by atoms with van der Waals surface area (Å²) in [6, 6.07) is 1.78. The maximum Gasteiger partial charge on any atom is 0.331 e. The first kappa shape index (κ1) is 16.7. The molecule has 0 saturated carbocycles. The van der Waals surface area contributed by atoms with Crippen LogP contribution in [0.15, 0.2) is 27.6 Å². The minimum absolute atomic E-state index is 0.137.